The molecule has 0 saturated heterocycles. The minimum absolute atomic E-state index is 0.432. The summed E-state index contributed by atoms with van der Waals surface area (Å²) < 4.78 is 5.82. The summed E-state index contributed by atoms with van der Waals surface area (Å²) in [7, 11) is 0. The average Bonchev–Trinajstić information content (AvgIpc) is 3.36. The largest absolute Gasteiger partial charge is 0.363 e. The van der Waals surface area contributed by atoms with Crippen LogP contribution in [0.5, 0.6) is 0 Å². The van der Waals surface area contributed by atoms with Crippen molar-refractivity contribution >= 4 is 27.6 Å². The molecule has 0 aliphatic rings. The fraction of sp³-hybridized carbons (Fsp3) is 0.0909. The second-order valence-corrected chi connectivity index (χ2v) is 6.55. The first-order valence-electron chi connectivity index (χ1n) is 9.16. The molecule has 0 aliphatic heterocycles. The van der Waals surface area contributed by atoms with E-state index in [-0.39, 0.29) is 0 Å². The smallest absolute Gasteiger partial charge is 0.159 e. The quantitative estimate of drug-likeness (QED) is 0.300. The van der Waals surface area contributed by atoms with E-state index in [1.165, 1.54) is 0 Å². The zero-order chi connectivity index (χ0) is 18.8. The first-order chi connectivity index (χ1) is 13.9. The third-order valence-electron chi connectivity index (χ3n) is 4.70. The Bertz CT molecular complexity index is 1230. The lowest BCUT2D eigenvalue weighted by Crippen LogP contribution is -2.06. The fourth-order valence-corrected chi connectivity index (χ4v) is 3.32. The van der Waals surface area contributed by atoms with Crippen molar-refractivity contribution in [3.05, 3.63) is 78.4 Å². The monoisotopic (exact) mass is 369 g/mol. The minimum atomic E-state index is 0.432. The van der Waals surface area contributed by atoms with Gasteiger partial charge in [0, 0.05) is 16.6 Å². The van der Waals surface area contributed by atoms with E-state index in [0.717, 1.165) is 44.7 Å². The van der Waals surface area contributed by atoms with Crippen molar-refractivity contribution in [1.29, 1.82) is 0 Å². The third kappa shape index (κ3) is 3.10. The SMILES string of the molecule is c1ccc(NCOCc2cccc3[nH]c(-c4n[nH]c5ccccc45)nc23)cc1. The van der Waals surface area contributed by atoms with E-state index in [0.29, 0.717) is 13.3 Å². The Hall–Kier alpha value is -3.64. The number of nitrogens with zero attached hydrogens (tertiary/aromatic N) is 2. The van der Waals surface area contributed by atoms with Gasteiger partial charge in [0.1, 0.15) is 12.4 Å². The van der Waals surface area contributed by atoms with Crippen molar-refractivity contribution in [3.63, 3.8) is 0 Å². The summed E-state index contributed by atoms with van der Waals surface area (Å²) in [6, 6.07) is 24.1. The van der Waals surface area contributed by atoms with E-state index in [2.05, 4.69) is 20.5 Å². The van der Waals surface area contributed by atoms with Crippen LogP contribution in [-0.4, -0.2) is 26.9 Å². The summed E-state index contributed by atoms with van der Waals surface area (Å²) in [5.41, 5.74) is 5.77. The van der Waals surface area contributed by atoms with Gasteiger partial charge in [0.05, 0.1) is 23.2 Å². The second kappa shape index (κ2) is 7.17. The van der Waals surface area contributed by atoms with Crippen molar-refractivity contribution in [2.75, 3.05) is 12.0 Å². The zero-order valence-electron chi connectivity index (χ0n) is 15.1. The van der Waals surface area contributed by atoms with Crippen LogP contribution in [0.3, 0.4) is 0 Å². The third-order valence-corrected chi connectivity index (χ3v) is 4.70. The molecule has 3 N–H and O–H groups in total. The molecule has 5 aromatic rings. The summed E-state index contributed by atoms with van der Waals surface area (Å²) in [6.45, 7) is 0.907. The predicted octanol–water partition coefficient (Wildman–Crippen LogP) is 4.69. The summed E-state index contributed by atoms with van der Waals surface area (Å²) in [5, 5.41) is 11.8. The number of H-pyrrole nitrogens is 2. The minimum Gasteiger partial charge on any atom is -0.363 e. The molecular formula is C22H19N5O. The molecule has 5 rings (SSSR count). The lowest BCUT2D eigenvalue weighted by atomic mass is 10.2. The Morgan fingerprint density at radius 3 is 2.61 bits per heavy atom. The topological polar surface area (TPSA) is 78.6 Å². The number of benzene rings is 3. The Morgan fingerprint density at radius 1 is 0.857 bits per heavy atom. The molecular weight excluding hydrogens is 350 g/mol. The Morgan fingerprint density at radius 2 is 1.68 bits per heavy atom. The van der Waals surface area contributed by atoms with Crippen LogP contribution in [0.25, 0.3) is 33.5 Å². The lowest BCUT2D eigenvalue weighted by molar-refractivity contribution is 0.139. The number of rotatable bonds is 6. The van der Waals surface area contributed by atoms with E-state index in [4.69, 9.17) is 9.72 Å². The summed E-state index contributed by atoms with van der Waals surface area (Å²) >= 11 is 0. The van der Waals surface area contributed by atoms with Gasteiger partial charge in [0.2, 0.25) is 0 Å². The average molecular weight is 369 g/mol. The molecule has 0 unspecified atom stereocenters. The molecule has 0 bridgehead atoms. The molecule has 0 saturated carbocycles. The van der Waals surface area contributed by atoms with Gasteiger partial charge in [-0.15, -0.1) is 0 Å². The predicted molar refractivity (Wildman–Crippen MR) is 111 cm³/mol. The van der Waals surface area contributed by atoms with Gasteiger partial charge in [-0.1, -0.05) is 48.5 Å². The fourth-order valence-electron chi connectivity index (χ4n) is 3.32. The van der Waals surface area contributed by atoms with Crippen molar-refractivity contribution in [3.8, 4) is 11.5 Å². The van der Waals surface area contributed by atoms with Crippen LogP contribution in [0.15, 0.2) is 72.8 Å². The number of ether oxygens (including phenoxy) is 1. The lowest BCUT2D eigenvalue weighted by Gasteiger charge is -2.07. The molecule has 0 atom stereocenters. The highest BCUT2D eigenvalue weighted by Gasteiger charge is 2.13. The van der Waals surface area contributed by atoms with Crippen LogP contribution < -0.4 is 5.32 Å². The number of hydrogen-bond donors (Lipinski definition) is 3. The van der Waals surface area contributed by atoms with Crippen LogP contribution in [0.2, 0.25) is 0 Å². The summed E-state index contributed by atoms with van der Waals surface area (Å²) in [6.07, 6.45) is 0. The molecule has 0 amide bonds. The number of aromatic amines is 2. The maximum atomic E-state index is 5.82. The van der Waals surface area contributed by atoms with E-state index in [1.807, 2.05) is 72.8 Å². The van der Waals surface area contributed by atoms with Crippen molar-refractivity contribution < 1.29 is 4.74 Å². The Labute approximate surface area is 161 Å². The molecule has 6 nitrogen and oxygen atoms in total. The highest BCUT2D eigenvalue weighted by atomic mass is 16.5. The molecule has 0 aliphatic carbocycles. The molecule has 3 aromatic carbocycles. The van der Waals surface area contributed by atoms with E-state index in [9.17, 15) is 0 Å². The van der Waals surface area contributed by atoms with Gasteiger partial charge in [-0.3, -0.25) is 5.10 Å². The van der Waals surface area contributed by atoms with E-state index < -0.39 is 0 Å². The Balaban J connectivity index is 1.37. The van der Waals surface area contributed by atoms with Crippen molar-refractivity contribution in [2.24, 2.45) is 0 Å². The number of imidazole rings is 1. The van der Waals surface area contributed by atoms with Crippen LogP contribution in [0, 0.1) is 0 Å². The molecule has 6 heteroatoms. The molecule has 28 heavy (non-hydrogen) atoms. The maximum Gasteiger partial charge on any atom is 0.159 e. The molecule has 2 aromatic heterocycles. The van der Waals surface area contributed by atoms with Gasteiger partial charge in [-0.05, 0) is 24.3 Å². The van der Waals surface area contributed by atoms with Gasteiger partial charge < -0.3 is 15.0 Å². The van der Waals surface area contributed by atoms with Crippen LogP contribution >= 0.6 is 0 Å². The highest BCUT2D eigenvalue weighted by molar-refractivity contribution is 5.93. The second-order valence-electron chi connectivity index (χ2n) is 6.55. The standard InChI is InChI=1S/C22H19N5O/c1-2-8-16(9-3-1)23-14-28-13-15-7-6-12-19-20(15)25-22(24-19)21-17-10-4-5-11-18(17)26-27-21/h1-12,23H,13-14H2,(H,24,25)(H,26,27). The van der Waals surface area contributed by atoms with Crippen molar-refractivity contribution in [2.45, 2.75) is 6.61 Å². The van der Waals surface area contributed by atoms with Crippen LogP contribution in [-0.2, 0) is 11.3 Å². The summed E-state index contributed by atoms with van der Waals surface area (Å²) in [5.74, 6) is 0.752. The molecule has 0 spiro atoms. The normalized spacial score (nSPS) is 11.3. The van der Waals surface area contributed by atoms with Gasteiger partial charge >= 0.3 is 0 Å². The number of anilines is 1. The number of fused-ring (bicyclic) bond motifs is 2. The number of hydrogen-bond acceptors (Lipinski definition) is 4. The number of nitrogens with one attached hydrogen (secondary N) is 3. The van der Waals surface area contributed by atoms with Gasteiger partial charge in [-0.25, -0.2) is 4.98 Å². The maximum absolute atomic E-state index is 5.82. The van der Waals surface area contributed by atoms with E-state index >= 15 is 0 Å². The van der Waals surface area contributed by atoms with Crippen LogP contribution in [0.1, 0.15) is 5.56 Å². The highest BCUT2D eigenvalue weighted by Crippen LogP contribution is 2.27. The molecule has 138 valence electrons. The van der Waals surface area contributed by atoms with Gasteiger partial charge in [0.15, 0.2) is 5.82 Å². The van der Waals surface area contributed by atoms with Crippen molar-refractivity contribution in [1.82, 2.24) is 20.2 Å². The first kappa shape index (κ1) is 16.5. The van der Waals surface area contributed by atoms with E-state index in [1.54, 1.807) is 0 Å². The Kier molecular flexibility index (Phi) is 4.23. The van der Waals surface area contributed by atoms with Crippen LogP contribution in [0.4, 0.5) is 5.69 Å². The zero-order valence-corrected chi connectivity index (χ0v) is 15.1. The molecule has 2 heterocycles. The molecule has 0 fully saturated rings. The first-order valence-corrected chi connectivity index (χ1v) is 9.16. The van der Waals surface area contributed by atoms with Gasteiger partial charge in [0.25, 0.3) is 0 Å². The number of aromatic nitrogens is 4. The summed E-state index contributed by atoms with van der Waals surface area (Å²) in [4.78, 5) is 8.19. The van der Waals surface area contributed by atoms with Gasteiger partial charge in [-0.2, -0.15) is 5.10 Å². The number of para-hydroxylation sites is 3. The molecule has 0 radical (unpaired) electrons.